The Morgan fingerprint density at radius 1 is 1.48 bits per heavy atom. The molecular formula is C14H21N5O2. The summed E-state index contributed by atoms with van der Waals surface area (Å²) in [7, 11) is 0. The average Bonchev–Trinajstić information content (AvgIpc) is 2.98. The van der Waals surface area contributed by atoms with Crippen LogP contribution in [-0.4, -0.2) is 37.1 Å². The zero-order valence-electron chi connectivity index (χ0n) is 12.5. The lowest BCUT2D eigenvalue weighted by molar-refractivity contribution is -0.129. The number of imide groups is 1. The largest absolute Gasteiger partial charge is 0.325 e. The van der Waals surface area contributed by atoms with Gasteiger partial charge in [-0.2, -0.15) is 5.10 Å². The van der Waals surface area contributed by atoms with Crippen molar-refractivity contribution in [1.82, 2.24) is 25.0 Å². The number of nitrogens with one attached hydrogen (secondary N) is 1. The zero-order chi connectivity index (χ0) is 15.0. The van der Waals surface area contributed by atoms with Crippen LogP contribution in [0.4, 0.5) is 4.79 Å². The molecule has 1 N–H and O–H groups in total. The summed E-state index contributed by atoms with van der Waals surface area (Å²) in [4.78, 5) is 30.5. The number of aryl methyl sites for hydroxylation is 1. The molecule has 0 radical (unpaired) electrons. The maximum atomic E-state index is 12.4. The Morgan fingerprint density at radius 2 is 2.29 bits per heavy atom. The molecule has 2 heterocycles. The third-order valence-electron chi connectivity index (χ3n) is 4.67. The molecular weight excluding hydrogens is 270 g/mol. The van der Waals surface area contributed by atoms with Gasteiger partial charge in [0.25, 0.3) is 5.91 Å². The van der Waals surface area contributed by atoms with Crippen molar-refractivity contribution in [2.75, 3.05) is 0 Å². The minimum Gasteiger partial charge on any atom is -0.302 e. The molecule has 1 aliphatic heterocycles. The fraction of sp³-hybridized carbons (Fsp3) is 0.714. The van der Waals surface area contributed by atoms with E-state index in [1.165, 1.54) is 6.33 Å². The van der Waals surface area contributed by atoms with Crippen LogP contribution in [0.15, 0.2) is 6.33 Å². The Hall–Kier alpha value is -1.92. The third-order valence-corrected chi connectivity index (χ3v) is 4.67. The van der Waals surface area contributed by atoms with Gasteiger partial charge in [-0.05, 0) is 25.7 Å². The van der Waals surface area contributed by atoms with Crippen LogP contribution in [0.25, 0.3) is 0 Å². The average molecular weight is 291 g/mol. The molecule has 0 bridgehead atoms. The first kappa shape index (κ1) is 14.0. The fourth-order valence-corrected chi connectivity index (χ4v) is 3.61. The van der Waals surface area contributed by atoms with E-state index in [0.29, 0.717) is 19.0 Å². The SMILES string of the molecule is CCn1ncnc1CN1C(=O)NC(=O)C12CCCC(C)C2. The van der Waals surface area contributed by atoms with Gasteiger partial charge in [0.05, 0.1) is 6.54 Å². The van der Waals surface area contributed by atoms with Gasteiger partial charge >= 0.3 is 6.03 Å². The molecule has 3 rings (SSSR count). The predicted octanol–water partition coefficient (Wildman–Crippen LogP) is 1.30. The number of carbonyl (C=O) groups excluding carboxylic acids is 2. The molecule has 1 aromatic heterocycles. The highest BCUT2D eigenvalue weighted by Crippen LogP contribution is 2.40. The van der Waals surface area contributed by atoms with Crippen LogP contribution in [0.2, 0.25) is 0 Å². The van der Waals surface area contributed by atoms with Gasteiger partial charge in [0.15, 0.2) is 0 Å². The van der Waals surface area contributed by atoms with Gasteiger partial charge in [-0.15, -0.1) is 0 Å². The monoisotopic (exact) mass is 291 g/mol. The summed E-state index contributed by atoms with van der Waals surface area (Å²) >= 11 is 0. The van der Waals surface area contributed by atoms with E-state index < -0.39 is 5.54 Å². The molecule has 2 aliphatic rings. The number of hydrogen-bond donors (Lipinski definition) is 1. The summed E-state index contributed by atoms with van der Waals surface area (Å²) in [6.45, 7) is 5.15. The van der Waals surface area contributed by atoms with Crippen LogP contribution < -0.4 is 5.32 Å². The number of amides is 3. The van der Waals surface area contributed by atoms with Crippen molar-refractivity contribution in [3.63, 3.8) is 0 Å². The number of hydrogen-bond acceptors (Lipinski definition) is 4. The lowest BCUT2D eigenvalue weighted by Crippen LogP contribution is -2.52. The van der Waals surface area contributed by atoms with Gasteiger partial charge in [0.1, 0.15) is 17.7 Å². The number of urea groups is 1. The molecule has 1 spiro atoms. The fourth-order valence-electron chi connectivity index (χ4n) is 3.61. The topological polar surface area (TPSA) is 80.1 Å². The summed E-state index contributed by atoms with van der Waals surface area (Å²) in [5.74, 6) is 1.02. The van der Waals surface area contributed by atoms with Crippen LogP contribution >= 0.6 is 0 Å². The molecule has 7 nitrogen and oxygen atoms in total. The molecule has 0 aromatic carbocycles. The van der Waals surface area contributed by atoms with Crippen LogP contribution in [0.1, 0.15) is 45.4 Å². The molecule has 1 saturated carbocycles. The van der Waals surface area contributed by atoms with E-state index in [1.54, 1.807) is 9.58 Å². The van der Waals surface area contributed by atoms with Crippen molar-refractivity contribution in [2.24, 2.45) is 5.92 Å². The van der Waals surface area contributed by atoms with Crippen molar-refractivity contribution in [3.8, 4) is 0 Å². The zero-order valence-corrected chi connectivity index (χ0v) is 12.5. The quantitative estimate of drug-likeness (QED) is 0.851. The van der Waals surface area contributed by atoms with Gasteiger partial charge in [0, 0.05) is 6.54 Å². The molecule has 2 unspecified atom stereocenters. The first-order valence-corrected chi connectivity index (χ1v) is 7.56. The van der Waals surface area contributed by atoms with E-state index in [0.717, 1.165) is 31.5 Å². The van der Waals surface area contributed by atoms with E-state index in [2.05, 4.69) is 22.3 Å². The Labute approximate surface area is 123 Å². The Balaban J connectivity index is 1.91. The molecule has 2 atom stereocenters. The van der Waals surface area contributed by atoms with E-state index in [4.69, 9.17) is 0 Å². The lowest BCUT2D eigenvalue weighted by atomic mass is 9.75. The van der Waals surface area contributed by atoms with Crippen molar-refractivity contribution in [3.05, 3.63) is 12.2 Å². The van der Waals surface area contributed by atoms with Gasteiger partial charge in [-0.25, -0.2) is 14.5 Å². The molecule has 1 aliphatic carbocycles. The van der Waals surface area contributed by atoms with Crippen LogP contribution in [0, 0.1) is 5.92 Å². The normalized spacial score (nSPS) is 29.2. The first-order chi connectivity index (χ1) is 10.1. The number of nitrogens with zero attached hydrogens (tertiary/aromatic N) is 4. The summed E-state index contributed by atoms with van der Waals surface area (Å²) in [5, 5.41) is 6.62. The van der Waals surface area contributed by atoms with E-state index >= 15 is 0 Å². The van der Waals surface area contributed by atoms with Gasteiger partial charge in [-0.1, -0.05) is 19.8 Å². The predicted molar refractivity (Wildman–Crippen MR) is 75.1 cm³/mol. The molecule has 21 heavy (non-hydrogen) atoms. The van der Waals surface area contributed by atoms with Crippen molar-refractivity contribution in [2.45, 2.75) is 58.2 Å². The number of aromatic nitrogens is 3. The van der Waals surface area contributed by atoms with Crippen LogP contribution in [-0.2, 0) is 17.9 Å². The van der Waals surface area contributed by atoms with E-state index in [9.17, 15) is 9.59 Å². The molecule has 1 aromatic rings. The lowest BCUT2D eigenvalue weighted by Gasteiger charge is -2.40. The van der Waals surface area contributed by atoms with Crippen molar-refractivity contribution in [1.29, 1.82) is 0 Å². The highest BCUT2D eigenvalue weighted by Gasteiger charge is 2.54. The molecule has 3 amide bonds. The van der Waals surface area contributed by atoms with Gasteiger partial charge in [-0.3, -0.25) is 10.1 Å². The highest BCUT2D eigenvalue weighted by atomic mass is 16.2. The third kappa shape index (κ3) is 2.20. The molecule has 7 heteroatoms. The second kappa shape index (κ2) is 5.13. The maximum Gasteiger partial charge on any atom is 0.325 e. The van der Waals surface area contributed by atoms with Crippen LogP contribution in [0.3, 0.4) is 0 Å². The van der Waals surface area contributed by atoms with E-state index in [-0.39, 0.29) is 11.9 Å². The summed E-state index contributed by atoms with van der Waals surface area (Å²) < 4.78 is 1.76. The summed E-state index contributed by atoms with van der Waals surface area (Å²) in [6.07, 6.45) is 5.03. The Bertz CT molecular complexity index is 569. The maximum absolute atomic E-state index is 12.4. The summed E-state index contributed by atoms with van der Waals surface area (Å²) in [6, 6.07) is -0.306. The van der Waals surface area contributed by atoms with E-state index in [1.807, 2.05) is 6.92 Å². The molecule has 2 fully saturated rings. The standard InChI is InChI=1S/C14H21N5O2/c1-3-19-11(15-9-16-19)8-18-13(21)17-12(20)14(18)6-4-5-10(2)7-14/h9-10H,3-8H2,1-2H3,(H,17,20,21). The van der Waals surface area contributed by atoms with Gasteiger partial charge < -0.3 is 4.90 Å². The number of rotatable bonds is 3. The van der Waals surface area contributed by atoms with Crippen LogP contribution in [0.5, 0.6) is 0 Å². The van der Waals surface area contributed by atoms with Gasteiger partial charge in [0.2, 0.25) is 0 Å². The van der Waals surface area contributed by atoms with Crippen molar-refractivity contribution < 1.29 is 9.59 Å². The minimum atomic E-state index is -0.695. The minimum absolute atomic E-state index is 0.151. The Kier molecular flexibility index (Phi) is 3.43. The molecule has 114 valence electrons. The first-order valence-electron chi connectivity index (χ1n) is 7.56. The highest BCUT2D eigenvalue weighted by molar-refractivity contribution is 6.07. The smallest absolute Gasteiger partial charge is 0.302 e. The number of carbonyl (C=O) groups is 2. The second-order valence-electron chi connectivity index (χ2n) is 6.07. The summed E-state index contributed by atoms with van der Waals surface area (Å²) in [5.41, 5.74) is -0.695. The molecule has 1 saturated heterocycles. The second-order valence-corrected chi connectivity index (χ2v) is 6.07. The Morgan fingerprint density at radius 3 is 3.00 bits per heavy atom. The van der Waals surface area contributed by atoms with Crippen molar-refractivity contribution >= 4 is 11.9 Å².